The molecule has 0 saturated carbocycles. The van der Waals surface area contributed by atoms with Crippen molar-refractivity contribution in [1.29, 1.82) is 0 Å². The summed E-state index contributed by atoms with van der Waals surface area (Å²) in [6.07, 6.45) is 0.233. The highest BCUT2D eigenvalue weighted by Crippen LogP contribution is 2.30. The van der Waals surface area contributed by atoms with E-state index in [1.807, 2.05) is 23.6 Å². The molecular formula is C16H16N2O3S. The van der Waals surface area contributed by atoms with Crippen LogP contribution in [0.15, 0.2) is 35.7 Å². The molecule has 3 rings (SSSR count). The number of carbonyl (C=O) groups is 2. The summed E-state index contributed by atoms with van der Waals surface area (Å²) in [6.45, 7) is 0.520. The SMILES string of the molecule is COc1ccc2c(c1)C(=O)N[C@@H]2CC(=O)NCc1cccs1. The first-order valence-electron chi connectivity index (χ1n) is 6.95. The van der Waals surface area contributed by atoms with Crippen LogP contribution in [0.5, 0.6) is 5.75 Å². The summed E-state index contributed by atoms with van der Waals surface area (Å²) < 4.78 is 5.13. The summed E-state index contributed by atoms with van der Waals surface area (Å²) in [5, 5.41) is 7.69. The lowest BCUT2D eigenvalue weighted by atomic mass is 10.0. The van der Waals surface area contributed by atoms with Gasteiger partial charge in [0, 0.05) is 10.4 Å². The van der Waals surface area contributed by atoms with Crippen molar-refractivity contribution in [2.75, 3.05) is 7.11 Å². The van der Waals surface area contributed by atoms with Gasteiger partial charge >= 0.3 is 0 Å². The first kappa shape index (κ1) is 14.6. The monoisotopic (exact) mass is 316 g/mol. The summed E-state index contributed by atoms with van der Waals surface area (Å²) in [4.78, 5) is 25.1. The van der Waals surface area contributed by atoms with Crippen LogP contribution in [0.4, 0.5) is 0 Å². The third-order valence-corrected chi connectivity index (χ3v) is 4.49. The Morgan fingerprint density at radius 1 is 1.41 bits per heavy atom. The average Bonchev–Trinajstić information content (AvgIpc) is 3.14. The van der Waals surface area contributed by atoms with Crippen molar-refractivity contribution >= 4 is 23.2 Å². The average molecular weight is 316 g/mol. The number of nitrogens with one attached hydrogen (secondary N) is 2. The predicted molar refractivity (Wildman–Crippen MR) is 84.0 cm³/mol. The molecule has 0 saturated heterocycles. The van der Waals surface area contributed by atoms with E-state index in [1.165, 1.54) is 0 Å². The topological polar surface area (TPSA) is 67.4 Å². The van der Waals surface area contributed by atoms with E-state index in [4.69, 9.17) is 4.74 Å². The molecule has 5 nitrogen and oxygen atoms in total. The Bertz CT molecular complexity index is 697. The molecule has 1 aromatic carbocycles. The molecule has 0 bridgehead atoms. The van der Waals surface area contributed by atoms with Gasteiger partial charge in [-0.05, 0) is 29.1 Å². The van der Waals surface area contributed by atoms with E-state index < -0.39 is 0 Å². The number of hydrogen-bond acceptors (Lipinski definition) is 4. The van der Waals surface area contributed by atoms with Gasteiger partial charge in [0.1, 0.15) is 5.75 Å². The van der Waals surface area contributed by atoms with Crippen LogP contribution >= 0.6 is 11.3 Å². The van der Waals surface area contributed by atoms with Gasteiger partial charge in [0.2, 0.25) is 5.91 Å². The van der Waals surface area contributed by atoms with E-state index in [-0.39, 0.29) is 24.3 Å². The third-order valence-electron chi connectivity index (χ3n) is 3.62. The van der Waals surface area contributed by atoms with Crippen LogP contribution in [0.1, 0.15) is 33.3 Å². The molecule has 1 aromatic heterocycles. The van der Waals surface area contributed by atoms with Crippen molar-refractivity contribution in [2.45, 2.75) is 19.0 Å². The summed E-state index contributed by atoms with van der Waals surface area (Å²) in [5.74, 6) is 0.393. The second kappa shape index (κ2) is 6.19. The van der Waals surface area contributed by atoms with Crippen molar-refractivity contribution in [1.82, 2.24) is 10.6 Å². The molecule has 6 heteroatoms. The molecule has 1 atom stereocenters. The van der Waals surface area contributed by atoms with Gasteiger partial charge in [-0.2, -0.15) is 0 Å². The molecule has 2 amide bonds. The number of carbonyl (C=O) groups excluding carboxylic acids is 2. The fourth-order valence-electron chi connectivity index (χ4n) is 2.49. The number of ether oxygens (including phenoxy) is 1. The van der Waals surface area contributed by atoms with Gasteiger partial charge in [-0.1, -0.05) is 12.1 Å². The number of rotatable bonds is 5. The first-order chi connectivity index (χ1) is 10.7. The minimum Gasteiger partial charge on any atom is -0.497 e. The van der Waals surface area contributed by atoms with Gasteiger partial charge in [0.25, 0.3) is 5.91 Å². The van der Waals surface area contributed by atoms with Crippen molar-refractivity contribution in [2.24, 2.45) is 0 Å². The molecule has 2 heterocycles. The maximum Gasteiger partial charge on any atom is 0.252 e. The Labute approximate surface area is 132 Å². The predicted octanol–water partition coefficient (Wildman–Crippen LogP) is 2.25. The number of hydrogen-bond donors (Lipinski definition) is 2. The Hall–Kier alpha value is -2.34. The van der Waals surface area contributed by atoms with E-state index >= 15 is 0 Å². The summed E-state index contributed by atoms with van der Waals surface area (Å²) in [6, 6.07) is 8.99. The standard InChI is InChI=1S/C16H16N2O3S/c1-21-10-4-5-12-13(7-10)16(20)18-14(12)8-15(19)17-9-11-3-2-6-22-11/h2-7,14H,8-9H2,1H3,(H,17,19)(H,18,20)/t14-/m1/s1. The second-order valence-electron chi connectivity index (χ2n) is 5.04. The van der Waals surface area contributed by atoms with Crippen LogP contribution in [0, 0.1) is 0 Å². The van der Waals surface area contributed by atoms with E-state index in [9.17, 15) is 9.59 Å². The van der Waals surface area contributed by atoms with Crippen LogP contribution in [0.25, 0.3) is 0 Å². The van der Waals surface area contributed by atoms with E-state index in [2.05, 4.69) is 10.6 Å². The number of methoxy groups -OCH3 is 1. The normalized spacial score (nSPS) is 16.0. The number of fused-ring (bicyclic) bond motifs is 1. The zero-order chi connectivity index (χ0) is 15.5. The smallest absolute Gasteiger partial charge is 0.252 e. The molecule has 1 aliphatic heterocycles. The quantitative estimate of drug-likeness (QED) is 0.889. The molecule has 22 heavy (non-hydrogen) atoms. The van der Waals surface area contributed by atoms with Gasteiger partial charge in [-0.15, -0.1) is 11.3 Å². The highest BCUT2D eigenvalue weighted by atomic mass is 32.1. The van der Waals surface area contributed by atoms with Crippen LogP contribution in [-0.2, 0) is 11.3 Å². The fraction of sp³-hybridized carbons (Fsp3) is 0.250. The second-order valence-corrected chi connectivity index (χ2v) is 6.07. The Morgan fingerprint density at radius 3 is 3.00 bits per heavy atom. The lowest BCUT2D eigenvalue weighted by Gasteiger charge is -2.12. The highest BCUT2D eigenvalue weighted by molar-refractivity contribution is 7.09. The summed E-state index contributed by atoms with van der Waals surface area (Å²) in [7, 11) is 1.56. The third kappa shape index (κ3) is 2.96. The number of amides is 2. The fourth-order valence-corrected chi connectivity index (χ4v) is 3.14. The molecule has 114 valence electrons. The van der Waals surface area contributed by atoms with Gasteiger partial charge < -0.3 is 15.4 Å². The first-order valence-corrected chi connectivity index (χ1v) is 7.83. The number of benzene rings is 1. The van der Waals surface area contributed by atoms with Gasteiger partial charge in [-0.3, -0.25) is 9.59 Å². The Kier molecular flexibility index (Phi) is 4.11. The lowest BCUT2D eigenvalue weighted by Crippen LogP contribution is -2.28. The molecule has 0 unspecified atom stereocenters. The molecule has 0 aliphatic carbocycles. The lowest BCUT2D eigenvalue weighted by molar-refractivity contribution is -0.121. The number of thiophene rings is 1. The van der Waals surface area contributed by atoms with Gasteiger partial charge in [0.15, 0.2) is 0 Å². The van der Waals surface area contributed by atoms with Crippen molar-refractivity contribution < 1.29 is 14.3 Å². The van der Waals surface area contributed by atoms with Crippen LogP contribution in [0.2, 0.25) is 0 Å². The Balaban J connectivity index is 1.65. The molecule has 2 N–H and O–H groups in total. The Morgan fingerprint density at radius 2 is 2.27 bits per heavy atom. The highest BCUT2D eigenvalue weighted by Gasteiger charge is 2.30. The molecule has 2 aromatic rings. The molecule has 0 radical (unpaired) electrons. The molecule has 0 spiro atoms. The summed E-state index contributed by atoms with van der Waals surface area (Å²) in [5.41, 5.74) is 1.42. The maximum absolute atomic E-state index is 12.1. The van der Waals surface area contributed by atoms with Gasteiger partial charge in [-0.25, -0.2) is 0 Å². The zero-order valence-corrected chi connectivity index (χ0v) is 12.9. The molecule has 1 aliphatic rings. The molecular weight excluding hydrogens is 300 g/mol. The molecule has 0 fully saturated rings. The van der Waals surface area contributed by atoms with E-state index in [0.29, 0.717) is 17.9 Å². The van der Waals surface area contributed by atoms with Crippen LogP contribution < -0.4 is 15.4 Å². The minimum absolute atomic E-state index is 0.0811. The summed E-state index contributed by atoms with van der Waals surface area (Å²) >= 11 is 1.60. The minimum atomic E-state index is -0.281. The zero-order valence-electron chi connectivity index (χ0n) is 12.1. The van der Waals surface area contributed by atoms with Crippen molar-refractivity contribution in [3.8, 4) is 5.75 Å². The van der Waals surface area contributed by atoms with E-state index in [0.717, 1.165) is 10.4 Å². The van der Waals surface area contributed by atoms with Crippen LogP contribution in [0.3, 0.4) is 0 Å². The van der Waals surface area contributed by atoms with Crippen molar-refractivity contribution in [3.05, 3.63) is 51.7 Å². The van der Waals surface area contributed by atoms with Gasteiger partial charge in [0.05, 0.1) is 26.1 Å². The van der Waals surface area contributed by atoms with E-state index in [1.54, 1.807) is 30.6 Å². The maximum atomic E-state index is 12.1. The van der Waals surface area contributed by atoms with Crippen LogP contribution in [-0.4, -0.2) is 18.9 Å². The largest absolute Gasteiger partial charge is 0.497 e. The van der Waals surface area contributed by atoms with Crippen molar-refractivity contribution in [3.63, 3.8) is 0 Å².